The van der Waals surface area contributed by atoms with E-state index in [2.05, 4.69) is 20.0 Å². The summed E-state index contributed by atoms with van der Waals surface area (Å²) in [5, 5.41) is 12.6. The van der Waals surface area contributed by atoms with E-state index in [1.165, 1.54) is 44.0 Å². The van der Waals surface area contributed by atoms with Crippen molar-refractivity contribution in [1.82, 2.24) is 24.5 Å². The quantitative estimate of drug-likeness (QED) is 0.654. The van der Waals surface area contributed by atoms with Crippen LogP contribution in [0.4, 0.5) is 0 Å². The maximum absolute atomic E-state index is 12.4. The van der Waals surface area contributed by atoms with Crippen LogP contribution in [0.1, 0.15) is 5.01 Å². The number of fused-ring (bicyclic) bond motifs is 1. The van der Waals surface area contributed by atoms with Gasteiger partial charge in [-0.05, 0) is 12.1 Å². The zero-order valence-corrected chi connectivity index (χ0v) is 14.6. The minimum absolute atomic E-state index is 0.110. The Balaban J connectivity index is 1.68. The fraction of sp³-hybridized carbons (Fsp3) is 0.308. The van der Waals surface area contributed by atoms with Gasteiger partial charge in [0.05, 0.1) is 19.1 Å². The minimum Gasteiger partial charge on any atom is -0.493 e. The number of rotatable bonds is 7. The molecule has 0 saturated heterocycles. The second kappa shape index (κ2) is 6.71. The molecule has 2 aromatic heterocycles. The van der Waals surface area contributed by atoms with Gasteiger partial charge in [0.15, 0.2) is 11.5 Å². The average molecular weight is 369 g/mol. The van der Waals surface area contributed by atoms with Crippen molar-refractivity contribution in [1.29, 1.82) is 0 Å². The Bertz CT molecular complexity index is 922. The largest absolute Gasteiger partial charge is 0.493 e. The Kier molecular flexibility index (Phi) is 4.64. The highest BCUT2D eigenvalue weighted by Gasteiger charge is 2.17. The highest BCUT2D eigenvalue weighted by molar-refractivity contribution is 7.89. The van der Waals surface area contributed by atoms with E-state index in [0.717, 1.165) is 5.01 Å². The van der Waals surface area contributed by atoms with Gasteiger partial charge in [0.1, 0.15) is 11.3 Å². The van der Waals surface area contributed by atoms with Crippen LogP contribution in [-0.4, -0.2) is 49.0 Å². The summed E-state index contributed by atoms with van der Waals surface area (Å²) >= 11 is 1.37. The van der Waals surface area contributed by atoms with E-state index in [1.807, 2.05) is 0 Å². The van der Waals surface area contributed by atoms with Gasteiger partial charge in [-0.25, -0.2) is 13.1 Å². The lowest BCUT2D eigenvalue weighted by atomic mass is 10.3. The topological polar surface area (TPSA) is 108 Å². The molecule has 0 saturated carbocycles. The Morgan fingerprint density at radius 3 is 2.75 bits per heavy atom. The van der Waals surface area contributed by atoms with E-state index in [9.17, 15) is 8.42 Å². The van der Waals surface area contributed by atoms with Crippen LogP contribution in [0.25, 0.3) is 4.96 Å². The molecule has 128 valence electrons. The monoisotopic (exact) mass is 369 g/mol. The molecule has 0 radical (unpaired) electrons. The molecule has 0 unspecified atom stereocenters. The first-order valence-electron chi connectivity index (χ1n) is 6.91. The number of ether oxygens (including phenoxy) is 2. The summed E-state index contributed by atoms with van der Waals surface area (Å²) in [6, 6.07) is 4.44. The highest BCUT2D eigenvalue weighted by Crippen LogP contribution is 2.29. The van der Waals surface area contributed by atoms with Gasteiger partial charge in [0.25, 0.3) is 0 Å². The van der Waals surface area contributed by atoms with Crippen molar-refractivity contribution < 1.29 is 17.9 Å². The Hall–Kier alpha value is -2.24. The molecule has 3 aromatic rings. The number of nitrogens with zero attached hydrogens (tertiary/aromatic N) is 4. The third-order valence-corrected chi connectivity index (χ3v) is 5.66. The smallest absolute Gasteiger partial charge is 0.240 e. The standard InChI is InChI=1S/C13H15N5O4S2/c1-21-10-4-3-9(7-11(10)22-2)24(19,20)15-6-5-12-17-18-8-14-16-13(18)23-12/h3-4,7-8,15H,5-6H2,1-2H3. The van der Waals surface area contributed by atoms with Gasteiger partial charge < -0.3 is 9.47 Å². The number of methoxy groups -OCH3 is 2. The van der Waals surface area contributed by atoms with Gasteiger partial charge in [0.2, 0.25) is 15.0 Å². The Labute approximate surface area is 142 Å². The summed E-state index contributed by atoms with van der Waals surface area (Å²) in [6.45, 7) is 0.223. The minimum atomic E-state index is -3.65. The van der Waals surface area contributed by atoms with E-state index in [0.29, 0.717) is 22.9 Å². The van der Waals surface area contributed by atoms with Crippen molar-refractivity contribution in [2.75, 3.05) is 20.8 Å². The van der Waals surface area contributed by atoms with E-state index in [4.69, 9.17) is 9.47 Å². The van der Waals surface area contributed by atoms with Crippen molar-refractivity contribution in [3.63, 3.8) is 0 Å². The van der Waals surface area contributed by atoms with Gasteiger partial charge in [-0.15, -0.1) is 10.2 Å². The molecule has 1 aromatic carbocycles. The SMILES string of the molecule is COc1ccc(S(=O)(=O)NCCc2nn3cnnc3s2)cc1OC. The maximum Gasteiger partial charge on any atom is 0.240 e. The molecule has 0 atom stereocenters. The average Bonchev–Trinajstić information content (AvgIpc) is 3.15. The fourth-order valence-electron chi connectivity index (χ4n) is 2.06. The Morgan fingerprint density at radius 1 is 1.25 bits per heavy atom. The number of nitrogens with one attached hydrogen (secondary N) is 1. The second-order valence-corrected chi connectivity index (χ2v) is 7.53. The first-order chi connectivity index (χ1) is 11.5. The number of sulfonamides is 1. The van der Waals surface area contributed by atoms with Crippen LogP contribution < -0.4 is 14.2 Å². The zero-order chi connectivity index (χ0) is 17.2. The molecule has 24 heavy (non-hydrogen) atoms. The van der Waals surface area contributed by atoms with Crippen molar-refractivity contribution >= 4 is 26.3 Å². The van der Waals surface area contributed by atoms with Crippen molar-refractivity contribution in [3.8, 4) is 11.5 Å². The molecular weight excluding hydrogens is 354 g/mol. The fourth-order valence-corrected chi connectivity index (χ4v) is 3.92. The van der Waals surface area contributed by atoms with Crippen LogP contribution in [0, 0.1) is 0 Å². The summed E-state index contributed by atoms with van der Waals surface area (Å²) < 4.78 is 39.1. The lowest BCUT2D eigenvalue weighted by Crippen LogP contribution is -2.26. The molecule has 1 N–H and O–H groups in total. The molecule has 0 amide bonds. The first kappa shape index (κ1) is 16.6. The number of hydrogen-bond donors (Lipinski definition) is 1. The zero-order valence-electron chi connectivity index (χ0n) is 13.0. The molecule has 0 spiro atoms. The molecule has 0 fully saturated rings. The van der Waals surface area contributed by atoms with Gasteiger partial charge in [0, 0.05) is 19.0 Å². The number of benzene rings is 1. The summed E-state index contributed by atoms with van der Waals surface area (Å²) in [7, 11) is -0.704. The maximum atomic E-state index is 12.4. The molecule has 0 aliphatic heterocycles. The van der Waals surface area contributed by atoms with E-state index >= 15 is 0 Å². The summed E-state index contributed by atoms with van der Waals surface area (Å²) in [4.78, 5) is 0.783. The molecule has 2 heterocycles. The molecular formula is C13H15N5O4S2. The summed E-state index contributed by atoms with van der Waals surface area (Å²) in [5.41, 5.74) is 0. The normalized spacial score (nSPS) is 11.8. The lowest BCUT2D eigenvalue weighted by Gasteiger charge is -2.10. The molecule has 3 rings (SSSR count). The summed E-state index contributed by atoms with van der Waals surface area (Å²) in [5.74, 6) is 0.824. The van der Waals surface area contributed by atoms with Crippen molar-refractivity contribution in [2.45, 2.75) is 11.3 Å². The third kappa shape index (κ3) is 3.32. The van der Waals surface area contributed by atoms with E-state index < -0.39 is 10.0 Å². The Morgan fingerprint density at radius 2 is 2.04 bits per heavy atom. The predicted molar refractivity (Wildman–Crippen MR) is 87.1 cm³/mol. The lowest BCUT2D eigenvalue weighted by molar-refractivity contribution is 0.354. The van der Waals surface area contributed by atoms with Crippen LogP contribution in [0.15, 0.2) is 29.4 Å². The highest BCUT2D eigenvalue weighted by atomic mass is 32.2. The van der Waals surface area contributed by atoms with Gasteiger partial charge >= 0.3 is 0 Å². The van der Waals surface area contributed by atoms with Crippen LogP contribution >= 0.6 is 11.3 Å². The van der Waals surface area contributed by atoms with E-state index in [-0.39, 0.29) is 11.4 Å². The second-order valence-electron chi connectivity index (χ2n) is 4.72. The van der Waals surface area contributed by atoms with Crippen molar-refractivity contribution in [2.24, 2.45) is 0 Å². The van der Waals surface area contributed by atoms with Gasteiger partial charge in [-0.1, -0.05) is 11.3 Å². The molecule has 0 aliphatic rings. The van der Waals surface area contributed by atoms with Crippen molar-refractivity contribution in [3.05, 3.63) is 29.5 Å². The molecule has 11 heteroatoms. The molecule has 0 aliphatic carbocycles. The first-order valence-corrected chi connectivity index (χ1v) is 9.21. The predicted octanol–water partition coefficient (Wildman–Crippen LogP) is 0.724. The van der Waals surface area contributed by atoms with Gasteiger partial charge in [-0.2, -0.15) is 9.61 Å². The van der Waals surface area contributed by atoms with Crippen LogP contribution in [0.2, 0.25) is 0 Å². The van der Waals surface area contributed by atoms with Gasteiger partial charge in [-0.3, -0.25) is 0 Å². The third-order valence-electron chi connectivity index (χ3n) is 3.22. The molecule has 9 nitrogen and oxygen atoms in total. The van der Waals surface area contributed by atoms with Crippen LogP contribution in [0.3, 0.4) is 0 Å². The van der Waals surface area contributed by atoms with E-state index in [1.54, 1.807) is 10.6 Å². The molecule has 0 bridgehead atoms. The van der Waals surface area contributed by atoms with Crippen LogP contribution in [0.5, 0.6) is 11.5 Å². The van der Waals surface area contributed by atoms with Crippen LogP contribution in [-0.2, 0) is 16.4 Å². The number of hydrogen-bond acceptors (Lipinski definition) is 8. The summed E-state index contributed by atoms with van der Waals surface area (Å²) in [6.07, 6.45) is 1.96. The number of aromatic nitrogens is 4.